The van der Waals surface area contributed by atoms with Crippen molar-refractivity contribution in [3.8, 4) is 0 Å². The number of hydrogen-bond donors (Lipinski definition) is 0. The molecule has 0 bridgehead atoms. The fourth-order valence-corrected chi connectivity index (χ4v) is 0. The first-order chi connectivity index (χ1) is 1.91. The average molecular weight is 94.4 g/mol. The van der Waals surface area contributed by atoms with Crippen LogP contribution in [0.2, 0.25) is 0 Å². The minimum absolute atomic E-state index is 0.353. The van der Waals surface area contributed by atoms with Gasteiger partial charge < -0.3 is 4.34 Å². The molecule has 4 heavy (non-hydrogen) atoms. The summed E-state index contributed by atoms with van der Waals surface area (Å²) in [4.78, 5) is 0. The van der Waals surface area contributed by atoms with Crippen molar-refractivity contribution in [2.75, 3.05) is 0 Å². The van der Waals surface area contributed by atoms with Crippen LogP contribution in [0.15, 0.2) is 0 Å². The molecule has 0 fully saturated rings. The Morgan fingerprint density at radius 2 is 2.25 bits per heavy atom. The molecule has 0 unspecified atom stereocenters. The van der Waals surface area contributed by atoms with E-state index in [0.29, 0.717) is 6.90 Å². The summed E-state index contributed by atoms with van der Waals surface area (Å²) in [5.74, 6) is 0. The Morgan fingerprint density at radius 3 is 2.25 bits per heavy atom. The van der Waals surface area contributed by atoms with Crippen LogP contribution in [0.5, 0.6) is 0 Å². The lowest BCUT2D eigenvalue weighted by Crippen LogP contribution is -1.78. The monoisotopic (exact) mass is 94.0 g/mol. The van der Waals surface area contributed by atoms with Gasteiger partial charge in [-0.15, -0.1) is 0 Å². The molecule has 0 spiro atoms. The summed E-state index contributed by atoms with van der Waals surface area (Å²) in [7, 11) is 0.758. The summed E-state index contributed by atoms with van der Waals surface area (Å²) in [5, 5.41) is 0. The first-order valence-electron chi connectivity index (χ1n) is 0.964. The van der Waals surface area contributed by atoms with E-state index < -0.39 is 0 Å². The highest BCUT2D eigenvalue weighted by atomic mass is 35.5. The number of halogens is 1. The molecule has 24 valence electrons. The highest BCUT2D eigenvalue weighted by Gasteiger charge is 1.63. The van der Waals surface area contributed by atoms with Crippen LogP contribution in [0.1, 0.15) is 0 Å². The van der Waals surface area contributed by atoms with Gasteiger partial charge in [0.05, 0.1) is 0 Å². The van der Waals surface area contributed by atoms with Crippen molar-refractivity contribution < 1.29 is 4.34 Å². The van der Waals surface area contributed by atoms with Crippen molar-refractivity contribution in [1.29, 1.82) is 0 Å². The molecule has 0 aliphatic carbocycles. The van der Waals surface area contributed by atoms with Gasteiger partial charge in [0.25, 0.3) is 0 Å². The first kappa shape index (κ1) is 4.53. The molecule has 0 aliphatic rings. The van der Waals surface area contributed by atoms with Crippen molar-refractivity contribution >= 4 is 28.8 Å². The first-order valence-corrected chi connectivity index (χ1v) is 2.32. The summed E-state index contributed by atoms with van der Waals surface area (Å²) < 4.78 is 4.45. The summed E-state index contributed by atoms with van der Waals surface area (Å²) in [5.41, 5.74) is 0. The van der Waals surface area contributed by atoms with E-state index in [-0.39, 0.29) is 0 Å². The maximum absolute atomic E-state index is 5.00. The molecule has 0 aromatic rings. The lowest BCUT2D eigenvalue weighted by atomic mass is 10.6. The van der Waals surface area contributed by atoms with Gasteiger partial charge in [0.2, 0.25) is 0 Å². The lowest BCUT2D eigenvalue weighted by Gasteiger charge is -1.71. The van der Waals surface area contributed by atoms with E-state index in [4.69, 9.17) is 11.5 Å². The molecule has 0 rings (SSSR count). The third-order valence-electron chi connectivity index (χ3n) is 0.109. The standard InChI is InChI=1S/BClH4OSi/c2-1-3-4/h1H,4H3. The van der Waals surface area contributed by atoms with E-state index in [2.05, 4.69) is 4.34 Å². The minimum Gasteiger partial charge on any atom is -0.474 e. The van der Waals surface area contributed by atoms with Crippen LogP contribution in [-0.4, -0.2) is 17.4 Å². The van der Waals surface area contributed by atoms with E-state index >= 15 is 0 Å². The smallest absolute Gasteiger partial charge is 0.369 e. The van der Waals surface area contributed by atoms with Gasteiger partial charge >= 0.3 is 6.90 Å². The van der Waals surface area contributed by atoms with Crippen LogP contribution in [0.4, 0.5) is 0 Å². The van der Waals surface area contributed by atoms with Gasteiger partial charge in [0.1, 0.15) is 10.5 Å². The molecule has 0 heterocycles. The summed E-state index contributed by atoms with van der Waals surface area (Å²) in [6.07, 6.45) is 0. The summed E-state index contributed by atoms with van der Waals surface area (Å²) in [6, 6.07) is 0. The van der Waals surface area contributed by atoms with Crippen molar-refractivity contribution in [1.82, 2.24) is 0 Å². The molecule has 0 saturated carbocycles. The molecule has 0 amide bonds. The van der Waals surface area contributed by atoms with Crippen molar-refractivity contribution in [3.05, 3.63) is 0 Å². The summed E-state index contributed by atoms with van der Waals surface area (Å²) in [6.45, 7) is 0.353. The van der Waals surface area contributed by atoms with Gasteiger partial charge in [-0.05, 0) is 0 Å². The second kappa shape index (κ2) is 3.53. The van der Waals surface area contributed by atoms with E-state index in [1.165, 1.54) is 0 Å². The predicted molar refractivity (Wildman–Crippen MR) is 24.0 cm³/mol. The van der Waals surface area contributed by atoms with Gasteiger partial charge in [-0.3, -0.25) is 0 Å². The van der Waals surface area contributed by atoms with Gasteiger partial charge in [0.15, 0.2) is 0 Å². The fraction of sp³-hybridized carbons (Fsp3) is 0. The highest BCUT2D eigenvalue weighted by Crippen LogP contribution is 1.59. The Kier molecular flexibility index (Phi) is 4.00. The molecule has 0 aromatic heterocycles. The fourth-order valence-electron chi connectivity index (χ4n) is 0. The molecular weight excluding hydrogens is 90.3 g/mol. The zero-order chi connectivity index (χ0) is 3.41. The highest BCUT2D eigenvalue weighted by molar-refractivity contribution is 6.91. The number of rotatable bonds is 1. The third kappa shape index (κ3) is 2.53. The van der Waals surface area contributed by atoms with Gasteiger partial charge in [0, 0.05) is 0 Å². The van der Waals surface area contributed by atoms with E-state index in [0.717, 1.165) is 10.5 Å². The number of hydrogen-bond acceptors (Lipinski definition) is 1. The third-order valence-corrected chi connectivity index (χ3v) is 0.982. The van der Waals surface area contributed by atoms with Crippen LogP contribution in [0.3, 0.4) is 0 Å². The molecular formula is H4BClOSi. The van der Waals surface area contributed by atoms with E-state index in [9.17, 15) is 0 Å². The Hall–Kier alpha value is 0.532. The van der Waals surface area contributed by atoms with Gasteiger partial charge in [-0.1, -0.05) is 0 Å². The second-order valence-electron chi connectivity index (χ2n) is 0.398. The maximum Gasteiger partial charge on any atom is 0.369 e. The van der Waals surface area contributed by atoms with Gasteiger partial charge in [-0.25, -0.2) is 0 Å². The van der Waals surface area contributed by atoms with Crippen LogP contribution < -0.4 is 0 Å². The largest absolute Gasteiger partial charge is 0.474 e. The van der Waals surface area contributed by atoms with Gasteiger partial charge in [-0.2, -0.15) is 11.5 Å². The molecule has 0 aromatic carbocycles. The normalized spacial score (nSPS) is 7.25. The topological polar surface area (TPSA) is 9.23 Å². The SMILES string of the molecule is [SiH3]OBCl. The lowest BCUT2D eigenvalue weighted by molar-refractivity contribution is 0.683. The maximum atomic E-state index is 5.00. The van der Waals surface area contributed by atoms with Crippen molar-refractivity contribution in [2.24, 2.45) is 0 Å². The minimum atomic E-state index is 0.353. The molecule has 0 radical (unpaired) electrons. The Bertz CT molecular complexity index is 10.0. The zero-order valence-electron chi connectivity index (χ0n) is 2.49. The second-order valence-corrected chi connectivity index (χ2v) is 1.19. The van der Waals surface area contributed by atoms with Crippen molar-refractivity contribution in [2.45, 2.75) is 0 Å². The van der Waals surface area contributed by atoms with Crippen molar-refractivity contribution in [3.63, 3.8) is 0 Å². The Balaban J connectivity index is 1.97. The molecule has 0 saturated heterocycles. The van der Waals surface area contributed by atoms with Crippen LogP contribution in [0.25, 0.3) is 0 Å². The Morgan fingerprint density at radius 1 is 2.00 bits per heavy atom. The molecule has 0 N–H and O–H groups in total. The zero-order valence-corrected chi connectivity index (χ0v) is 5.25. The molecule has 4 heteroatoms. The van der Waals surface area contributed by atoms with E-state index in [1.807, 2.05) is 0 Å². The summed E-state index contributed by atoms with van der Waals surface area (Å²) >= 11 is 5.00. The molecule has 0 aliphatic heterocycles. The quantitative estimate of drug-likeness (QED) is 0.371. The Labute approximate surface area is 34.0 Å². The predicted octanol–water partition coefficient (Wildman–Crippen LogP) is -1.21. The molecule has 0 atom stereocenters. The molecule has 1 nitrogen and oxygen atoms in total. The van der Waals surface area contributed by atoms with Crippen LogP contribution in [-0.2, 0) is 4.34 Å². The van der Waals surface area contributed by atoms with E-state index in [1.54, 1.807) is 0 Å². The van der Waals surface area contributed by atoms with Crippen LogP contribution >= 0.6 is 11.5 Å². The average Bonchev–Trinajstić information content (AvgIpc) is 1.37. The van der Waals surface area contributed by atoms with Crippen LogP contribution in [0, 0.1) is 0 Å².